The lowest BCUT2D eigenvalue weighted by Gasteiger charge is -2.15. The van der Waals surface area contributed by atoms with Gasteiger partial charge in [-0.25, -0.2) is 4.79 Å². The van der Waals surface area contributed by atoms with Crippen LogP contribution in [0.1, 0.15) is 24.0 Å². The number of fused-ring (bicyclic) bond motifs is 1. The Labute approximate surface area is 154 Å². The van der Waals surface area contributed by atoms with Crippen LogP contribution in [0.5, 0.6) is 0 Å². The van der Waals surface area contributed by atoms with Crippen LogP contribution in [-0.2, 0) is 6.18 Å². The minimum atomic E-state index is -4.35. The molecule has 2 N–H and O–H groups in total. The van der Waals surface area contributed by atoms with Crippen LogP contribution >= 0.6 is 0 Å². The van der Waals surface area contributed by atoms with Gasteiger partial charge in [0.25, 0.3) is 0 Å². The second kappa shape index (κ2) is 7.65. The molecule has 0 saturated heterocycles. The summed E-state index contributed by atoms with van der Waals surface area (Å²) in [5.41, 5.74) is 0.698. The van der Waals surface area contributed by atoms with Gasteiger partial charge in [0, 0.05) is 29.7 Å². The van der Waals surface area contributed by atoms with Gasteiger partial charge in [-0.15, -0.1) is 0 Å². The number of urea groups is 1. The van der Waals surface area contributed by atoms with Crippen molar-refractivity contribution in [3.63, 3.8) is 0 Å². The quantitative estimate of drug-likeness (QED) is 0.662. The average Bonchev–Trinajstić information content (AvgIpc) is 2.66. The lowest BCUT2D eigenvalue weighted by Crippen LogP contribution is -2.31. The average molecular weight is 373 g/mol. The summed E-state index contributed by atoms with van der Waals surface area (Å²) in [6, 6.07) is 11.9. The summed E-state index contributed by atoms with van der Waals surface area (Å²) in [5, 5.41) is 7.33. The Balaban J connectivity index is 1.60. The van der Waals surface area contributed by atoms with Crippen molar-refractivity contribution in [2.45, 2.75) is 19.0 Å². The van der Waals surface area contributed by atoms with E-state index in [2.05, 4.69) is 15.6 Å². The lowest BCUT2D eigenvalue weighted by molar-refractivity contribution is -0.137. The zero-order valence-electron chi connectivity index (χ0n) is 14.5. The number of nitrogens with one attached hydrogen (secondary N) is 2. The molecule has 1 atom stereocenters. The molecule has 0 bridgehead atoms. The second-order valence-corrected chi connectivity index (χ2v) is 6.26. The highest BCUT2D eigenvalue weighted by Crippen LogP contribution is 2.30. The maximum Gasteiger partial charge on any atom is 0.416 e. The third kappa shape index (κ3) is 4.55. The molecule has 1 unspecified atom stereocenters. The number of rotatable bonds is 4. The molecule has 0 radical (unpaired) electrons. The van der Waals surface area contributed by atoms with E-state index in [9.17, 15) is 18.0 Å². The third-order valence-electron chi connectivity index (χ3n) is 4.30. The highest BCUT2D eigenvalue weighted by Gasteiger charge is 2.30. The van der Waals surface area contributed by atoms with E-state index in [0.29, 0.717) is 12.2 Å². The maximum atomic E-state index is 12.6. The second-order valence-electron chi connectivity index (χ2n) is 6.26. The van der Waals surface area contributed by atoms with Crippen LogP contribution in [0, 0.1) is 0 Å². The zero-order valence-corrected chi connectivity index (χ0v) is 14.5. The molecule has 0 aliphatic carbocycles. The van der Waals surface area contributed by atoms with Crippen molar-refractivity contribution >= 4 is 22.5 Å². The van der Waals surface area contributed by atoms with E-state index < -0.39 is 11.7 Å². The number of nitrogens with zero attached hydrogens (tertiary/aromatic N) is 1. The number of amides is 2. The molecule has 0 fully saturated rings. The molecule has 1 heterocycles. The number of carbonyl (C=O) groups excluding carboxylic acids is 1. The van der Waals surface area contributed by atoms with Gasteiger partial charge in [-0.05, 0) is 35.7 Å². The van der Waals surface area contributed by atoms with E-state index >= 15 is 0 Å². The van der Waals surface area contributed by atoms with Crippen molar-refractivity contribution in [3.05, 3.63) is 72.1 Å². The summed E-state index contributed by atoms with van der Waals surface area (Å²) in [6.07, 6.45) is -0.989. The fraction of sp³-hybridized carbons (Fsp3) is 0.200. The highest BCUT2D eigenvalue weighted by atomic mass is 19.4. The number of anilines is 1. The first-order chi connectivity index (χ1) is 12.8. The molecule has 7 heteroatoms. The van der Waals surface area contributed by atoms with Crippen molar-refractivity contribution in [1.29, 1.82) is 0 Å². The van der Waals surface area contributed by atoms with Gasteiger partial charge in [0.15, 0.2) is 0 Å². The fourth-order valence-electron chi connectivity index (χ4n) is 2.76. The number of hydrogen-bond donors (Lipinski definition) is 2. The molecule has 27 heavy (non-hydrogen) atoms. The summed E-state index contributed by atoms with van der Waals surface area (Å²) in [4.78, 5) is 16.2. The molecule has 0 aliphatic rings. The Morgan fingerprint density at radius 2 is 1.85 bits per heavy atom. The van der Waals surface area contributed by atoms with Crippen LogP contribution in [0.2, 0.25) is 0 Å². The van der Waals surface area contributed by atoms with Gasteiger partial charge in [0.1, 0.15) is 0 Å². The summed E-state index contributed by atoms with van der Waals surface area (Å²) in [5.74, 6) is -0.130. The molecule has 4 nitrogen and oxygen atoms in total. The van der Waals surface area contributed by atoms with Gasteiger partial charge in [-0.2, -0.15) is 13.2 Å². The number of carbonyl (C=O) groups is 1. The normalized spacial score (nSPS) is 12.6. The van der Waals surface area contributed by atoms with E-state index in [1.165, 1.54) is 12.1 Å². The molecular weight excluding hydrogens is 355 g/mol. The Bertz CT molecular complexity index is 934. The zero-order chi connectivity index (χ0) is 19.4. The van der Waals surface area contributed by atoms with Crippen molar-refractivity contribution in [1.82, 2.24) is 10.3 Å². The SMILES string of the molecule is CC(CNC(=O)Nc1cccc2cnccc12)c1ccc(C(F)(F)F)cc1. The van der Waals surface area contributed by atoms with E-state index in [1.54, 1.807) is 18.5 Å². The summed E-state index contributed by atoms with van der Waals surface area (Å²) in [7, 11) is 0. The van der Waals surface area contributed by atoms with Crippen molar-refractivity contribution in [2.75, 3.05) is 11.9 Å². The van der Waals surface area contributed by atoms with E-state index in [1.807, 2.05) is 25.1 Å². The molecule has 2 amide bonds. The monoisotopic (exact) mass is 373 g/mol. The van der Waals surface area contributed by atoms with Crippen LogP contribution in [0.4, 0.5) is 23.7 Å². The molecule has 3 rings (SSSR count). The lowest BCUT2D eigenvalue weighted by atomic mass is 10.00. The van der Waals surface area contributed by atoms with Crippen molar-refractivity contribution in [2.24, 2.45) is 0 Å². The number of alkyl halides is 3. The van der Waals surface area contributed by atoms with Crippen LogP contribution in [-0.4, -0.2) is 17.6 Å². The Hall–Kier alpha value is -3.09. The molecule has 2 aromatic carbocycles. The van der Waals surface area contributed by atoms with Gasteiger partial charge in [-0.3, -0.25) is 4.98 Å². The van der Waals surface area contributed by atoms with Gasteiger partial charge in [0.05, 0.1) is 11.3 Å². The number of hydrogen-bond acceptors (Lipinski definition) is 2. The van der Waals surface area contributed by atoms with Crippen LogP contribution in [0.15, 0.2) is 60.9 Å². The first kappa shape index (κ1) is 18.7. The first-order valence-corrected chi connectivity index (χ1v) is 8.39. The van der Waals surface area contributed by atoms with Crippen LogP contribution < -0.4 is 10.6 Å². The van der Waals surface area contributed by atoms with Crippen molar-refractivity contribution < 1.29 is 18.0 Å². The van der Waals surface area contributed by atoms with E-state index in [4.69, 9.17) is 0 Å². The minimum Gasteiger partial charge on any atom is -0.337 e. The molecule has 1 aromatic heterocycles. The molecule has 3 aromatic rings. The Kier molecular flexibility index (Phi) is 5.30. The molecule has 0 saturated carbocycles. The van der Waals surface area contributed by atoms with Crippen LogP contribution in [0.25, 0.3) is 10.8 Å². The predicted octanol–water partition coefficient (Wildman–Crippen LogP) is 5.18. The minimum absolute atomic E-state index is 0.130. The maximum absolute atomic E-state index is 12.6. The van der Waals surface area contributed by atoms with E-state index in [-0.39, 0.29) is 11.9 Å². The number of halogens is 3. The molecule has 0 spiro atoms. The third-order valence-corrected chi connectivity index (χ3v) is 4.30. The van der Waals surface area contributed by atoms with Gasteiger partial charge in [0.2, 0.25) is 0 Å². The van der Waals surface area contributed by atoms with E-state index in [0.717, 1.165) is 28.5 Å². The number of pyridine rings is 1. The molecule has 140 valence electrons. The predicted molar refractivity (Wildman–Crippen MR) is 98.6 cm³/mol. The van der Waals surface area contributed by atoms with Crippen molar-refractivity contribution in [3.8, 4) is 0 Å². The largest absolute Gasteiger partial charge is 0.416 e. The summed E-state index contributed by atoms with van der Waals surface area (Å²) >= 11 is 0. The number of aromatic nitrogens is 1. The molecule has 0 aliphatic heterocycles. The fourth-order valence-corrected chi connectivity index (χ4v) is 2.76. The van der Waals surface area contributed by atoms with Gasteiger partial charge in [-0.1, -0.05) is 31.2 Å². The van der Waals surface area contributed by atoms with Gasteiger partial charge >= 0.3 is 12.2 Å². The standard InChI is InChI=1S/C20H18F3N3O/c1-13(14-5-7-16(8-6-14)20(21,22)23)11-25-19(27)26-18-4-2-3-15-12-24-10-9-17(15)18/h2-10,12-13H,11H2,1H3,(H2,25,26,27). The van der Waals surface area contributed by atoms with Gasteiger partial charge < -0.3 is 10.6 Å². The number of benzene rings is 2. The molecular formula is C20H18F3N3O. The Morgan fingerprint density at radius 3 is 2.56 bits per heavy atom. The highest BCUT2D eigenvalue weighted by molar-refractivity contribution is 6.01. The summed E-state index contributed by atoms with van der Waals surface area (Å²) in [6.45, 7) is 2.13. The topological polar surface area (TPSA) is 54.0 Å². The first-order valence-electron chi connectivity index (χ1n) is 8.39. The Morgan fingerprint density at radius 1 is 1.11 bits per heavy atom. The smallest absolute Gasteiger partial charge is 0.337 e. The van der Waals surface area contributed by atoms with Crippen LogP contribution in [0.3, 0.4) is 0 Å². The summed E-state index contributed by atoms with van der Waals surface area (Å²) < 4.78 is 37.9.